The molecular formula is C11H9ClN2O3S. The number of nitrogens with zero attached hydrogens (tertiary/aromatic N) is 1. The molecule has 0 saturated heterocycles. The average Bonchev–Trinajstić information content (AvgIpc) is 2.34. The van der Waals surface area contributed by atoms with E-state index in [1.54, 1.807) is 0 Å². The molecule has 5 nitrogen and oxygen atoms in total. The molecule has 1 heterocycles. The van der Waals surface area contributed by atoms with Crippen molar-refractivity contribution < 1.29 is 13.5 Å². The standard InChI is InChI=1S/C11H9ClN2O3S/c12-8-3-4-10(11(15)6-8)14-18(16,17)9-2-1-5-13-7-9/h1-7,14-15H. The van der Waals surface area contributed by atoms with Gasteiger partial charge in [-0.1, -0.05) is 11.6 Å². The second-order valence-electron chi connectivity index (χ2n) is 3.46. The highest BCUT2D eigenvalue weighted by molar-refractivity contribution is 7.92. The molecule has 0 aliphatic heterocycles. The number of hydrogen-bond acceptors (Lipinski definition) is 4. The maximum Gasteiger partial charge on any atom is 0.263 e. The number of phenolic OH excluding ortho intramolecular Hbond substituents is 1. The van der Waals surface area contributed by atoms with Crippen LogP contribution in [-0.2, 0) is 10.0 Å². The quantitative estimate of drug-likeness (QED) is 0.847. The van der Waals surface area contributed by atoms with E-state index in [1.165, 1.54) is 42.7 Å². The van der Waals surface area contributed by atoms with Crippen molar-refractivity contribution in [2.24, 2.45) is 0 Å². The van der Waals surface area contributed by atoms with Crippen molar-refractivity contribution in [3.63, 3.8) is 0 Å². The third kappa shape index (κ3) is 2.72. The van der Waals surface area contributed by atoms with E-state index in [0.717, 1.165) is 0 Å². The van der Waals surface area contributed by atoms with Crippen molar-refractivity contribution in [3.05, 3.63) is 47.7 Å². The summed E-state index contributed by atoms with van der Waals surface area (Å²) in [6.45, 7) is 0. The van der Waals surface area contributed by atoms with Gasteiger partial charge in [-0.15, -0.1) is 0 Å². The summed E-state index contributed by atoms with van der Waals surface area (Å²) < 4.78 is 26.1. The number of hydrogen-bond donors (Lipinski definition) is 2. The molecule has 0 spiro atoms. The lowest BCUT2D eigenvalue weighted by atomic mass is 10.3. The Balaban J connectivity index is 2.34. The monoisotopic (exact) mass is 284 g/mol. The van der Waals surface area contributed by atoms with Gasteiger partial charge in [-0.25, -0.2) is 8.42 Å². The topological polar surface area (TPSA) is 79.3 Å². The number of rotatable bonds is 3. The van der Waals surface area contributed by atoms with Gasteiger partial charge in [-0.2, -0.15) is 0 Å². The summed E-state index contributed by atoms with van der Waals surface area (Å²) in [6.07, 6.45) is 2.69. The molecule has 18 heavy (non-hydrogen) atoms. The van der Waals surface area contributed by atoms with Crippen LogP contribution in [0.5, 0.6) is 5.75 Å². The molecule has 0 aliphatic carbocycles. The molecule has 1 aromatic heterocycles. The van der Waals surface area contributed by atoms with Crippen LogP contribution < -0.4 is 4.72 Å². The van der Waals surface area contributed by atoms with Gasteiger partial charge in [0.1, 0.15) is 10.6 Å². The number of aromatic hydroxyl groups is 1. The van der Waals surface area contributed by atoms with Crippen molar-refractivity contribution in [1.82, 2.24) is 4.98 Å². The van der Waals surface area contributed by atoms with Gasteiger partial charge < -0.3 is 5.11 Å². The van der Waals surface area contributed by atoms with Gasteiger partial charge in [-0.3, -0.25) is 9.71 Å². The highest BCUT2D eigenvalue weighted by atomic mass is 35.5. The predicted octanol–water partition coefficient (Wildman–Crippen LogP) is 2.24. The third-order valence-corrected chi connectivity index (χ3v) is 3.73. The largest absolute Gasteiger partial charge is 0.506 e. The second-order valence-corrected chi connectivity index (χ2v) is 5.57. The molecular weight excluding hydrogens is 276 g/mol. The van der Waals surface area contributed by atoms with E-state index in [0.29, 0.717) is 5.02 Å². The van der Waals surface area contributed by atoms with Gasteiger partial charge in [0.2, 0.25) is 0 Å². The first kappa shape index (κ1) is 12.7. The number of nitrogens with one attached hydrogen (secondary N) is 1. The van der Waals surface area contributed by atoms with Crippen LogP contribution in [0.2, 0.25) is 5.02 Å². The van der Waals surface area contributed by atoms with Crippen molar-refractivity contribution in [3.8, 4) is 5.75 Å². The Morgan fingerprint density at radius 3 is 2.67 bits per heavy atom. The molecule has 94 valence electrons. The maximum absolute atomic E-state index is 11.9. The van der Waals surface area contributed by atoms with Crippen LogP contribution in [0.1, 0.15) is 0 Å². The Morgan fingerprint density at radius 2 is 2.06 bits per heavy atom. The lowest BCUT2D eigenvalue weighted by Gasteiger charge is -2.09. The maximum atomic E-state index is 11.9. The van der Waals surface area contributed by atoms with E-state index in [4.69, 9.17) is 11.6 Å². The minimum atomic E-state index is -3.76. The molecule has 2 N–H and O–H groups in total. The van der Waals surface area contributed by atoms with E-state index in [-0.39, 0.29) is 16.3 Å². The number of benzene rings is 1. The lowest BCUT2D eigenvalue weighted by Crippen LogP contribution is -2.13. The molecule has 0 bridgehead atoms. The fourth-order valence-electron chi connectivity index (χ4n) is 1.30. The molecule has 1 aromatic carbocycles. The van der Waals surface area contributed by atoms with Gasteiger partial charge in [-0.05, 0) is 24.3 Å². The highest BCUT2D eigenvalue weighted by Crippen LogP contribution is 2.28. The second kappa shape index (κ2) is 4.83. The summed E-state index contributed by atoms with van der Waals surface area (Å²) in [5.41, 5.74) is 0.0586. The van der Waals surface area contributed by atoms with E-state index in [9.17, 15) is 13.5 Å². The van der Waals surface area contributed by atoms with Crippen molar-refractivity contribution >= 4 is 27.3 Å². The molecule has 0 unspecified atom stereocenters. The highest BCUT2D eigenvalue weighted by Gasteiger charge is 2.15. The zero-order chi connectivity index (χ0) is 13.2. The van der Waals surface area contributed by atoms with Crippen molar-refractivity contribution in [1.29, 1.82) is 0 Å². The first-order valence-electron chi connectivity index (χ1n) is 4.90. The van der Waals surface area contributed by atoms with Crippen LogP contribution in [0.25, 0.3) is 0 Å². The molecule has 2 rings (SSSR count). The zero-order valence-corrected chi connectivity index (χ0v) is 10.6. The zero-order valence-electron chi connectivity index (χ0n) is 9.04. The summed E-state index contributed by atoms with van der Waals surface area (Å²) in [4.78, 5) is 3.74. The molecule has 7 heteroatoms. The van der Waals surface area contributed by atoms with Crippen LogP contribution in [0.3, 0.4) is 0 Å². The number of phenols is 1. The summed E-state index contributed by atoms with van der Waals surface area (Å²) >= 11 is 5.66. The number of sulfonamides is 1. The minimum Gasteiger partial charge on any atom is -0.506 e. The van der Waals surface area contributed by atoms with Crippen LogP contribution in [-0.4, -0.2) is 18.5 Å². The third-order valence-electron chi connectivity index (χ3n) is 2.15. The van der Waals surface area contributed by atoms with E-state index >= 15 is 0 Å². The summed E-state index contributed by atoms with van der Waals surface area (Å²) in [6, 6.07) is 7.02. The van der Waals surface area contributed by atoms with Crippen LogP contribution in [0.15, 0.2) is 47.6 Å². The lowest BCUT2D eigenvalue weighted by molar-refractivity contribution is 0.477. The molecule has 0 atom stereocenters. The van der Waals surface area contributed by atoms with Gasteiger partial charge in [0.05, 0.1) is 5.69 Å². The molecule has 2 aromatic rings. The van der Waals surface area contributed by atoms with Gasteiger partial charge in [0.15, 0.2) is 0 Å². The Hall–Kier alpha value is -1.79. The van der Waals surface area contributed by atoms with Crippen LogP contribution in [0.4, 0.5) is 5.69 Å². The molecule has 0 radical (unpaired) electrons. The SMILES string of the molecule is O=S(=O)(Nc1ccc(Cl)cc1O)c1cccnc1. The number of pyridine rings is 1. The fraction of sp³-hybridized carbons (Fsp3) is 0. The minimum absolute atomic E-state index is 0.0133. The normalized spacial score (nSPS) is 11.2. The van der Waals surface area contributed by atoms with E-state index in [1.807, 2.05) is 0 Å². The van der Waals surface area contributed by atoms with E-state index in [2.05, 4.69) is 9.71 Å². The first-order chi connectivity index (χ1) is 8.49. The smallest absolute Gasteiger partial charge is 0.263 e. The Bertz CT molecular complexity index is 659. The first-order valence-corrected chi connectivity index (χ1v) is 6.76. The number of aromatic nitrogens is 1. The van der Waals surface area contributed by atoms with E-state index < -0.39 is 10.0 Å². The predicted molar refractivity (Wildman–Crippen MR) is 68.2 cm³/mol. The summed E-state index contributed by atoms with van der Waals surface area (Å²) in [7, 11) is -3.76. The van der Waals surface area contributed by atoms with Crippen LogP contribution >= 0.6 is 11.6 Å². The fourth-order valence-corrected chi connectivity index (χ4v) is 2.50. The Morgan fingerprint density at radius 1 is 1.28 bits per heavy atom. The van der Waals surface area contributed by atoms with Crippen molar-refractivity contribution in [2.75, 3.05) is 4.72 Å². The number of anilines is 1. The summed E-state index contributed by atoms with van der Waals surface area (Å²) in [5, 5.41) is 9.89. The Labute approximate surface area is 109 Å². The molecule has 0 amide bonds. The number of halogens is 1. The summed E-state index contributed by atoms with van der Waals surface area (Å²) in [5.74, 6) is -0.241. The molecule has 0 fully saturated rings. The average molecular weight is 285 g/mol. The molecule has 0 saturated carbocycles. The van der Waals surface area contributed by atoms with Gasteiger partial charge >= 0.3 is 0 Å². The van der Waals surface area contributed by atoms with Crippen molar-refractivity contribution in [2.45, 2.75) is 4.90 Å². The van der Waals surface area contributed by atoms with Gasteiger partial charge in [0, 0.05) is 23.5 Å². The van der Waals surface area contributed by atoms with Crippen LogP contribution in [0, 0.1) is 0 Å². The van der Waals surface area contributed by atoms with Gasteiger partial charge in [0.25, 0.3) is 10.0 Å². The molecule has 0 aliphatic rings. The Kier molecular flexibility index (Phi) is 3.40.